The third kappa shape index (κ3) is 3.78. The molecule has 0 saturated carbocycles. The Hall–Kier alpha value is -2.18. The third-order valence-corrected chi connectivity index (χ3v) is 4.25. The Kier molecular flexibility index (Phi) is 5.52. The SMILES string of the molecule is Cc1ccc(-c2csc3ncnc(NCCC(=O)O)c23)cc1.Cl. The lowest BCUT2D eigenvalue weighted by Gasteiger charge is -2.07. The highest BCUT2D eigenvalue weighted by atomic mass is 35.5. The molecule has 2 N–H and O–H groups in total. The summed E-state index contributed by atoms with van der Waals surface area (Å²) in [6, 6.07) is 8.29. The van der Waals surface area contributed by atoms with Crippen LogP contribution in [0.1, 0.15) is 12.0 Å². The van der Waals surface area contributed by atoms with E-state index in [-0.39, 0.29) is 18.8 Å². The molecule has 0 saturated heterocycles. The van der Waals surface area contributed by atoms with Gasteiger partial charge in [-0.2, -0.15) is 0 Å². The van der Waals surface area contributed by atoms with E-state index >= 15 is 0 Å². The van der Waals surface area contributed by atoms with Crippen LogP contribution in [0.3, 0.4) is 0 Å². The van der Waals surface area contributed by atoms with Gasteiger partial charge in [-0.05, 0) is 12.5 Å². The number of carboxylic acids is 1. The van der Waals surface area contributed by atoms with Gasteiger partial charge in [-0.15, -0.1) is 23.7 Å². The summed E-state index contributed by atoms with van der Waals surface area (Å²) in [5.41, 5.74) is 3.38. The molecule has 23 heavy (non-hydrogen) atoms. The molecule has 0 aliphatic rings. The summed E-state index contributed by atoms with van der Waals surface area (Å²) in [7, 11) is 0. The highest BCUT2D eigenvalue weighted by molar-refractivity contribution is 7.17. The first-order chi connectivity index (χ1) is 10.6. The lowest BCUT2D eigenvalue weighted by atomic mass is 10.0. The summed E-state index contributed by atoms with van der Waals surface area (Å²) in [6.07, 6.45) is 1.55. The Morgan fingerprint density at radius 3 is 2.70 bits per heavy atom. The second-order valence-corrected chi connectivity index (χ2v) is 5.85. The van der Waals surface area contributed by atoms with Gasteiger partial charge in [0, 0.05) is 17.5 Å². The number of benzene rings is 1. The molecule has 0 amide bonds. The van der Waals surface area contributed by atoms with Crippen LogP contribution in [0.5, 0.6) is 0 Å². The molecule has 0 radical (unpaired) electrons. The molecular formula is C16H16ClN3O2S. The van der Waals surface area contributed by atoms with Crippen molar-refractivity contribution in [2.24, 2.45) is 0 Å². The maximum Gasteiger partial charge on any atom is 0.305 e. The second-order valence-electron chi connectivity index (χ2n) is 4.99. The number of anilines is 1. The topological polar surface area (TPSA) is 75.1 Å². The van der Waals surface area contributed by atoms with Gasteiger partial charge in [0.15, 0.2) is 0 Å². The van der Waals surface area contributed by atoms with Gasteiger partial charge in [0.05, 0.1) is 11.8 Å². The molecule has 1 aromatic carbocycles. The number of thiophene rings is 1. The number of fused-ring (bicyclic) bond motifs is 1. The van der Waals surface area contributed by atoms with E-state index in [2.05, 4.69) is 51.9 Å². The highest BCUT2D eigenvalue weighted by Gasteiger charge is 2.13. The smallest absolute Gasteiger partial charge is 0.305 e. The maximum atomic E-state index is 10.7. The number of hydrogen-bond acceptors (Lipinski definition) is 5. The minimum Gasteiger partial charge on any atom is -0.481 e. The number of rotatable bonds is 5. The van der Waals surface area contributed by atoms with E-state index in [1.807, 2.05) is 0 Å². The van der Waals surface area contributed by atoms with Gasteiger partial charge < -0.3 is 10.4 Å². The summed E-state index contributed by atoms with van der Waals surface area (Å²) in [5, 5.41) is 14.9. The first kappa shape index (κ1) is 17.2. The molecule has 0 aliphatic heterocycles. The number of aliphatic carboxylic acids is 1. The van der Waals surface area contributed by atoms with Gasteiger partial charge >= 0.3 is 5.97 Å². The van der Waals surface area contributed by atoms with Crippen LogP contribution in [0.4, 0.5) is 5.82 Å². The number of carbonyl (C=O) groups is 1. The number of nitrogens with zero attached hydrogens (tertiary/aromatic N) is 2. The maximum absolute atomic E-state index is 10.7. The first-order valence-electron chi connectivity index (χ1n) is 6.90. The zero-order valence-corrected chi connectivity index (χ0v) is 14.1. The second kappa shape index (κ2) is 7.39. The number of hydrogen-bond donors (Lipinski definition) is 2. The zero-order valence-electron chi connectivity index (χ0n) is 12.4. The van der Waals surface area contributed by atoms with Crippen molar-refractivity contribution < 1.29 is 9.90 Å². The van der Waals surface area contributed by atoms with Crippen LogP contribution in [0, 0.1) is 6.92 Å². The number of aromatic nitrogens is 2. The van der Waals surface area contributed by atoms with E-state index in [4.69, 9.17) is 5.11 Å². The minimum atomic E-state index is -0.832. The van der Waals surface area contributed by atoms with Crippen molar-refractivity contribution in [3.63, 3.8) is 0 Å². The first-order valence-corrected chi connectivity index (χ1v) is 7.78. The fraction of sp³-hybridized carbons (Fsp3) is 0.188. The molecule has 3 aromatic rings. The van der Waals surface area contributed by atoms with E-state index in [1.54, 1.807) is 11.3 Å². The molecule has 3 rings (SSSR count). The van der Waals surface area contributed by atoms with Gasteiger partial charge in [0.1, 0.15) is 17.0 Å². The van der Waals surface area contributed by atoms with Crippen molar-refractivity contribution in [1.29, 1.82) is 0 Å². The predicted octanol–water partition coefficient (Wildman–Crippen LogP) is 3.98. The van der Waals surface area contributed by atoms with Crippen LogP contribution in [-0.4, -0.2) is 27.6 Å². The van der Waals surface area contributed by atoms with Crippen molar-refractivity contribution >= 4 is 45.7 Å². The van der Waals surface area contributed by atoms with Gasteiger partial charge in [-0.25, -0.2) is 9.97 Å². The number of halogens is 1. The molecule has 2 aromatic heterocycles. The largest absolute Gasteiger partial charge is 0.481 e. The Bertz CT molecular complexity index is 818. The van der Waals surface area contributed by atoms with Crippen LogP contribution < -0.4 is 5.32 Å². The molecule has 0 atom stereocenters. The number of aryl methyl sites for hydroxylation is 1. The van der Waals surface area contributed by atoms with E-state index in [9.17, 15) is 4.79 Å². The molecule has 5 nitrogen and oxygen atoms in total. The van der Waals surface area contributed by atoms with Crippen molar-refractivity contribution in [2.45, 2.75) is 13.3 Å². The average Bonchev–Trinajstić information content (AvgIpc) is 2.93. The van der Waals surface area contributed by atoms with E-state index in [1.165, 1.54) is 11.9 Å². The number of nitrogens with one attached hydrogen (secondary N) is 1. The van der Waals surface area contributed by atoms with Crippen LogP contribution in [0.25, 0.3) is 21.3 Å². The molecule has 0 bridgehead atoms. The minimum absolute atomic E-state index is 0. The molecule has 120 valence electrons. The van der Waals surface area contributed by atoms with E-state index in [0.29, 0.717) is 12.4 Å². The molecule has 0 spiro atoms. The van der Waals surface area contributed by atoms with Crippen LogP contribution >= 0.6 is 23.7 Å². The summed E-state index contributed by atoms with van der Waals surface area (Å²) < 4.78 is 0. The van der Waals surface area contributed by atoms with Crippen LogP contribution in [-0.2, 0) is 4.79 Å². The summed E-state index contributed by atoms with van der Waals surface area (Å²) in [5.74, 6) is -0.148. The normalized spacial score (nSPS) is 10.3. The van der Waals surface area contributed by atoms with Crippen LogP contribution in [0.15, 0.2) is 36.0 Å². The molecular weight excluding hydrogens is 334 g/mol. The van der Waals surface area contributed by atoms with E-state index in [0.717, 1.165) is 21.3 Å². The third-order valence-electron chi connectivity index (χ3n) is 3.36. The van der Waals surface area contributed by atoms with Gasteiger partial charge in [-0.1, -0.05) is 29.8 Å². The molecule has 0 fully saturated rings. The summed E-state index contributed by atoms with van der Waals surface area (Å²) >= 11 is 1.56. The predicted molar refractivity (Wildman–Crippen MR) is 95.6 cm³/mol. The number of carboxylic acid groups (broad SMARTS) is 1. The molecule has 0 aliphatic carbocycles. The van der Waals surface area contributed by atoms with Crippen molar-refractivity contribution in [3.8, 4) is 11.1 Å². The molecule has 0 unspecified atom stereocenters. The molecule has 7 heteroatoms. The summed E-state index contributed by atoms with van der Waals surface area (Å²) in [4.78, 5) is 20.1. The van der Waals surface area contributed by atoms with Crippen molar-refractivity contribution in [3.05, 3.63) is 41.5 Å². The van der Waals surface area contributed by atoms with Crippen LogP contribution in [0.2, 0.25) is 0 Å². The summed E-state index contributed by atoms with van der Waals surface area (Å²) in [6.45, 7) is 2.39. The quantitative estimate of drug-likeness (QED) is 0.728. The Morgan fingerprint density at radius 1 is 1.26 bits per heavy atom. The van der Waals surface area contributed by atoms with Gasteiger partial charge in [-0.3, -0.25) is 4.79 Å². The lowest BCUT2D eigenvalue weighted by Crippen LogP contribution is -2.09. The molecule has 2 heterocycles. The van der Waals surface area contributed by atoms with Gasteiger partial charge in [0.25, 0.3) is 0 Å². The standard InChI is InChI=1S/C16H15N3O2S.ClH/c1-10-2-4-11(5-3-10)12-8-22-16-14(12)15(18-9-19-16)17-7-6-13(20)21;/h2-5,8-9H,6-7H2,1H3,(H,20,21)(H,17,18,19);1H. The fourth-order valence-corrected chi connectivity index (χ4v) is 3.16. The van der Waals surface area contributed by atoms with Crippen molar-refractivity contribution in [1.82, 2.24) is 9.97 Å². The monoisotopic (exact) mass is 349 g/mol. The fourth-order valence-electron chi connectivity index (χ4n) is 2.24. The highest BCUT2D eigenvalue weighted by Crippen LogP contribution is 2.36. The Labute approximate surface area is 143 Å². The zero-order chi connectivity index (χ0) is 15.5. The average molecular weight is 350 g/mol. The van der Waals surface area contributed by atoms with Gasteiger partial charge in [0.2, 0.25) is 0 Å². The van der Waals surface area contributed by atoms with Crippen molar-refractivity contribution in [2.75, 3.05) is 11.9 Å². The van der Waals surface area contributed by atoms with E-state index < -0.39 is 5.97 Å². The lowest BCUT2D eigenvalue weighted by molar-refractivity contribution is -0.136. The Morgan fingerprint density at radius 2 is 2.00 bits per heavy atom. The Balaban J connectivity index is 0.00000192.